The number of aromatic amines is 1. The van der Waals surface area contributed by atoms with Crippen LogP contribution in [-0.4, -0.2) is 68.2 Å². The van der Waals surface area contributed by atoms with Crippen LogP contribution < -0.4 is 11.1 Å². The highest BCUT2D eigenvalue weighted by Crippen LogP contribution is 2.31. The van der Waals surface area contributed by atoms with Crippen LogP contribution in [0.5, 0.6) is 0 Å². The number of carbonyl (C=O) groups is 6. The second kappa shape index (κ2) is 23.7. The van der Waals surface area contributed by atoms with Gasteiger partial charge in [-0.1, -0.05) is 99.0 Å². The average molecular weight is 813 g/mol. The summed E-state index contributed by atoms with van der Waals surface area (Å²) >= 11 is 0. The van der Waals surface area contributed by atoms with E-state index in [-0.39, 0.29) is 61.8 Å². The second-order valence-electron chi connectivity index (χ2n) is 15.5. The molecular weight excluding hydrogens is 756 g/mol. The largest absolute Gasteiger partial charge is 0.481 e. The number of carboxylic acids is 2. The van der Waals surface area contributed by atoms with Crippen LogP contribution in [0.1, 0.15) is 112 Å². The third kappa shape index (κ3) is 15.6. The third-order valence-corrected chi connectivity index (χ3v) is 10.6. The number of nitrogens with two attached hydrogens (primary N) is 1. The molecule has 0 fully saturated rings. The first-order valence-electron chi connectivity index (χ1n) is 20.6. The summed E-state index contributed by atoms with van der Waals surface area (Å²) in [5.41, 5.74) is 11.5. The Morgan fingerprint density at radius 1 is 0.780 bits per heavy atom. The first kappa shape index (κ1) is 46.1. The lowest BCUT2D eigenvalue weighted by molar-refractivity contribution is -0.145. The van der Waals surface area contributed by atoms with Gasteiger partial charge in [0.25, 0.3) is 0 Å². The molecule has 59 heavy (non-hydrogen) atoms. The average Bonchev–Trinajstić information content (AvgIpc) is 3.60. The minimum Gasteiger partial charge on any atom is -0.481 e. The van der Waals surface area contributed by atoms with Crippen molar-refractivity contribution in [3.05, 3.63) is 88.9 Å². The standard InChI is InChI=1S/C46H57FN4O8/c1-30-15-21-38(47)34(24-30)26-36(53)25-31-16-18-32(19-17-31)37-13-11-14-40-45(37)41(51-50-40)28-35(52)12-9-7-5-3-2-4-6-8-10-23-49-43(55)29-39(48)42(54)27-33(46(58)59)20-22-44(56)57/h11,13-19,21,24,33,39H,2-10,12,20,22-23,25-29,48H2,1H3,(H,49,55)(H,50,51)(H,56,57)(H,58,59)/t33-,39+/m1/s1. The molecule has 13 heteroatoms. The summed E-state index contributed by atoms with van der Waals surface area (Å²) in [5.74, 6) is -4.79. The number of ketones is 3. The van der Waals surface area contributed by atoms with Crippen molar-refractivity contribution in [2.24, 2.45) is 11.7 Å². The topological polar surface area (TPSA) is 210 Å². The number of amides is 1. The minimum absolute atomic E-state index is 0.0459. The summed E-state index contributed by atoms with van der Waals surface area (Å²) in [4.78, 5) is 72.3. The number of halogens is 1. The molecule has 0 saturated carbocycles. The fraction of sp³-hybridized carbons (Fsp3) is 0.457. The summed E-state index contributed by atoms with van der Waals surface area (Å²) in [6, 6.07) is 17.3. The van der Waals surface area contributed by atoms with E-state index in [1.54, 1.807) is 12.1 Å². The molecule has 0 aliphatic rings. The number of benzene rings is 3. The second-order valence-corrected chi connectivity index (χ2v) is 15.5. The Kier molecular flexibility index (Phi) is 18.6. The molecule has 0 aliphatic heterocycles. The van der Waals surface area contributed by atoms with E-state index in [0.29, 0.717) is 18.5 Å². The molecule has 6 N–H and O–H groups in total. The zero-order chi connectivity index (χ0) is 42.7. The Morgan fingerprint density at radius 2 is 1.46 bits per heavy atom. The van der Waals surface area contributed by atoms with Gasteiger partial charge in [0.15, 0.2) is 5.78 Å². The molecule has 0 saturated heterocycles. The number of aromatic nitrogens is 2. The molecule has 0 radical (unpaired) electrons. The molecule has 0 spiro atoms. The molecule has 1 aromatic heterocycles. The van der Waals surface area contributed by atoms with Crippen molar-refractivity contribution < 1.29 is 43.4 Å². The van der Waals surface area contributed by atoms with Crippen LogP contribution in [0.2, 0.25) is 0 Å². The van der Waals surface area contributed by atoms with Gasteiger partial charge in [0.1, 0.15) is 17.4 Å². The monoisotopic (exact) mass is 812 g/mol. The van der Waals surface area contributed by atoms with Gasteiger partial charge >= 0.3 is 11.9 Å². The van der Waals surface area contributed by atoms with Gasteiger partial charge in [-0.05, 0) is 60.6 Å². The Bertz CT molecular complexity index is 2060. The van der Waals surface area contributed by atoms with Gasteiger partial charge in [-0.2, -0.15) is 5.10 Å². The van der Waals surface area contributed by atoms with E-state index in [0.717, 1.165) is 96.6 Å². The lowest BCUT2D eigenvalue weighted by Gasteiger charge is -2.14. The van der Waals surface area contributed by atoms with Crippen molar-refractivity contribution in [2.45, 2.75) is 122 Å². The molecule has 0 aliphatic carbocycles. The molecule has 1 amide bonds. The molecule has 316 valence electrons. The van der Waals surface area contributed by atoms with Gasteiger partial charge in [0.05, 0.1) is 23.2 Å². The van der Waals surface area contributed by atoms with Crippen LogP contribution >= 0.6 is 0 Å². The van der Waals surface area contributed by atoms with Crippen LogP contribution in [0.3, 0.4) is 0 Å². The zero-order valence-electron chi connectivity index (χ0n) is 33.9. The number of Topliss-reactive ketones (excluding diaryl/α,β-unsaturated/α-hetero) is 3. The zero-order valence-corrected chi connectivity index (χ0v) is 33.9. The first-order chi connectivity index (χ1) is 28.3. The highest BCUT2D eigenvalue weighted by atomic mass is 19.1. The van der Waals surface area contributed by atoms with E-state index >= 15 is 0 Å². The molecular formula is C46H57FN4O8. The van der Waals surface area contributed by atoms with E-state index in [1.165, 1.54) is 6.07 Å². The summed E-state index contributed by atoms with van der Waals surface area (Å²) in [7, 11) is 0. The van der Waals surface area contributed by atoms with E-state index < -0.39 is 36.1 Å². The van der Waals surface area contributed by atoms with Crippen LogP contribution in [0, 0.1) is 18.7 Å². The molecule has 0 unspecified atom stereocenters. The van der Waals surface area contributed by atoms with E-state index in [2.05, 4.69) is 15.5 Å². The number of aryl methyl sites for hydroxylation is 1. The fourth-order valence-electron chi connectivity index (χ4n) is 7.23. The van der Waals surface area contributed by atoms with Crippen molar-refractivity contribution in [2.75, 3.05) is 6.54 Å². The van der Waals surface area contributed by atoms with Gasteiger partial charge < -0.3 is 21.3 Å². The lowest BCUT2D eigenvalue weighted by atomic mass is 9.93. The number of carboxylic acid groups (broad SMARTS) is 2. The SMILES string of the molecule is Cc1ccc(F)c(CC(=O)Cc2ccc(-c3cccc4n[nH]c(CC(=O)CCCCCCCCCCCNC(=O)C[C@H](N)C(=O)C[C@@H](CCC(=O)O)C(=O)O)c34)cc2)c1. The number of H-pyrrole nitrogens is 1. The summed E-state index contributed by atoms with van der Waals surface area (Å²) in [6.07, 6.45) is 8.68. The van der Waals surface area contributed by atoms with Gasteiger partial charge in [0, 0.05) is 56.9 Å². The highest BCUT2D eigenvalue weighted by molar-refractivity contribution is 5.99. The smallest absolute Gasteiger partial charge is 0.306 e. The maximum atomic E-state index is 14.2. The molecule has 4 aromatic rings. The summed E-state index contributed by atoms with van der Waals surface area (Å²) in [6.45, 7) is 2.33. The number of unbranched alkanes of at least 4 members (excludes halogenated alkanes) is 8. The lowest BCUT2D eigenvalue weighted by Crippen LogP contribution is -2.38. The summed E-state index contributed by atoms with van der Waals surface area (Å²) < 4.78 is 14.2. The number of nitrogens with one attached hydrogen (secondary N) is 2. The number of aliphatic carboxylic acids is 2. The van der Waals surface area contributed by atoms with Crippen molar-refractivity contribution in [3.63, 3.8) is 0 Å². The number of hydrogen-bond acceptors (Lipinski definition) is 8. The third-order valence-electron chi connectivity index (χ3n) is 10.6. The van der Waals surface area contributed by atoms with Gasteiger partial charge in [-0.3, -0.25) is 33.9 Å². The maximum absolute atomic E-state index is 14.2. The number of fused-ring (bicyclic) bond motifs is 1. The predicted molar refractivity (Wildman–Crippen MR) is 223 cm³/mol. The Hall–Kier alpha value is -5.56. The number of nitrogens with zero attached hydrogens (tertiary/aromatic N) is 1. The maximum Gasteiger partial charge on any atom is 0.306 e. The number of hydrogen-bond donors (Lipinski definition) is 5. The van der Waals surface area contributed by atoms with Crippen LogP contribution in [-0.2, 0) is 48.0 Å². The van der Waals surface area contributed by atoms with Crippen molar-refractivity contribution in [3.8, 4) is 11.1 Å². The van der Waals surface area contributed by atoms with Crippen molar-refractivity contribution in [1.82, 2.24) is 15.5 Å². The number of rotatable bonds is 28. The van der Waals surface area contributed by atoms with Crippen LogP contribution in [0.25, 0.3) is 22.0 Å². The fourth-order valence-corrected chi connectivity index (χ4v) is 7.23. The quantitative estimate of drug-likeness (QED) is 0.0359. The first-order valence-corrected chi connectivity index (χ1v) is 20.6. The van der Waals surface area contributed by atoms with Crippen molar-refractivity contribution in [1.29, 1.82) is 0 Å². The van der Waals surface area contributed by atoms with Gasteiger partial charge in [0.2, 0.25) is 5.91 Å². The van der Waals surface area contributed by atoms with E-state index in [4.69, 9.17) is 10.8 Å². The normalized spacial score (nSPS) is 12.3. The molecule has 0 bridgehead atoms. The molecule has 12 nitrogen and oxygen atoms in total. The number of carbonyl (C=O) groups excluding carboxylic acids is 4. The molecule has 1 heterocycles. The van der Waals surface area contributed by atoms with E-state index in [1.807, 2.05) is 49.4 Å². The van der Waals surface area contributed by atoms with Crippen LogP contribution in [0.15, 0.2) is 60.7 Å². The summed E-state index contributed by atoms with van der Waals surface area (Å²) in [5, 5.41) is 29.2. The molecule has 2 atom stereocenters. The molecule has 3 aromatic carbocycles. The van der Waals surface area contributed by atoms with Crippen molar-refractivity contribution >= 4 is 46.1 Å². The Labute approximate surface area is 344 Å². The van der Waals surface area contributed by atoms with Gasteiger partial charge in [-0.25, -0.2) is 4.39 Å². The van der Waals surface area contributed by atoms with Crippen LogP contribution in [0.4, 0.5) is 4.39 Å². The Morgan fingerprint density at radius 3 is 2.14 bits per heavy atom. The minimum atomic E-state index is -1.26. The highest BCUT2D eigenvalue weighted by Gasteiger charge is 2.26. The molecule has 4 rings (SSSR count). The van der Waals surface area contributed by atoms with E-state index in [9.17, 15) is 38.3 Å². The predicted octanol–water partition coefficient (Wildman–Crippen LogP) is 7.40. The van der Waals surface area contributed by atoms with Gasteiger partial charge in [-0.15, -0.1) is 0 Å². The Balaban J connectivity index is 1.08.